The van der Waals surface area contributed by atoms with Crippen molar-refractivity contribution in [3.8, 4) is 0 Å². The predicted octanol–water partition coefficient (Wildman–Crippen LogP) is 2.36. The van der Waals surface area contributed by atoms with Gasteiger partial charge in [-0.25, -0.2) is 0 Å². The van der Waals surface area contributed by atoms with Crippen LogP contribution in [0.3, 0.4) is 0 Å². The molecule has 1 fully saturated rings. The van der Waals surface area contributed by atoms with Crippen LogP contribution in [0.2, 0.25) is 0 Å². The Kier molecular flexibility index (Phi) is 3.52. The van der Waals surface area contributed by atoms with Crippen LogP contribution in [0.25, 0.3) is 21.9 Å². The number of benzene rings is 2. The van der Waals surface area contributed by atoms with Crippen LogP contribution < -0.4 is 11.2 Å². The normalized spacial score (nSPS) is 16.2. The summed E-state index contributed by atoms with van der Waals surface area (Å²) in [6.07, 6.45) is 0. The van der Waals surface area contributed by atoms with Gasteiger partial charge in [-0.2, -0.15) is 0 Å². The van der Waals surface area contributed by atoms with Crippen molar-refractivity contribution in [2.75, 3.05) is 32.0 Å². The summed E-state index contributed by atoms with van der Waals surface area (Å²) >= 11 is 0. The van der Waals surface area contributed by atoms with E-state index in [-0.39, 0.29) is 5.43 Å². The molecule has 3 aromatic rings. The summed E-state index contributed by atoms with van der Waals surface area (Å²) in [7, 11) is 0. The van der Waals surface area contributed by atoms with Crippen LogP contribution in [0.15, 0.2) is 45.6 Å². The van der Waals surface area contributed by atoms with Crippen LogP contribution >= 0.6 is 0 Å². The fourth-order valence-corrected chi connectivity index (χ4v) is 3.08. The van der Waals surface area contributed by atoms with Crippen LogP contribution in [0.1, 0.15) is 5.56 Å². The number of rotatable bonds is 2. The number of nitrogens with zero attached hydrogens (tertiary/aromatic N) is 1. The Morgan fingerprint density at radius 2 is 1.83 bits per heavy atom. The van der Waals surface area contributed by atoms with Gasteiger partial charge in [-0.3, -0.25) is 9.69 Å². The maximum Gasteiger partial charge on any atom is 0.200 e. The van der Waals surface area contributed by atoms with Crippen molar-refractivity contribution < 1.29 is 9.15 Å². The van der Waals surface area contributed by atoms with E-state index in [2.05, 4.69) is 4.90 Å². The standard InChI is InChI=1S/C18H18N2O3/c19-15-6-5-13-17(21)12-3-1-2-4-16(12)23-18(13)14(15)11-20-7-9-22-10-8-20/h1-6H,7-11,19H2. The van der Waals surface area contributed by atoms with E-state index < -0.39 is 0 Å². The Bertz CT molecular complexity index is 927. The Hall–Kier alpha value is -2.37. The van der Waals surface area contributed by atoms with Crippen molar-refractivity contribution in [3.05, 3.63) is 52.2 Å². The first-order valence-electron chi connectivity index (χ1n) is 7.77. The molecule has 0 aliphatic carbocycles. The number of hydrogen-bond acceptors (Lipinski definition) is 5. The SMILES string of the molecule is Nc1ccc2c(=O)c3ccccc3oc2c1CN1CCOCC1. The molecule has 4 rings (SSSR count). The van der Waals surface area contributed by atoms with E-state index in [0.29, 0.717) is 34.2 Å². The van der Waals surface area contributed by atoms with Crippen molar-refractivity contribution in [1.82, 2.24) is 4.90 Å². The van der Waals surface area contributed by atoms with Gasteiger partial charge in [0.25, 0.3) is 0 Å². The maximum atomic E-state index is 12.7. The number of hydrogen-bond donors (Lipinski definition) is 1. The van der Waals surface area contributed by atoms with Crippen LogP contribution in [-0.4, -0.2) is 31.2 Å². The lowest BCUT2D eigenvalue weighted by Crippen LogP contribution is -2.35. The predicted molar refractivity (Wildman–Crippen MR) is 90.5 cm³/mol. The average molecular weight is 310 g/mol. The molecule has 0 spiro atoms. The Balaban J connectivity index is 1.91. The van der Waals surface area contributed by atoms with Gasteiger partial charge in [0, 0.05) is 30.9 Å². The van der Waals surface area contributed by atoms with E-state index in [1.807, 2.05) is 18.2 Å². The lowest BCUT2D eigenvalue weighted by Gasteiger charge is -2.27. The monoisotopic (exact) mass is 310 g/mol. The summed E-state index contributed by atoms with van der Waals surface area (Å²) in [5, 5.41) is 1.18. The van der Waals surface area contributed by atoms with E-state index in [1.54, 1.807) is 18.2 Å². The topological polar surface area (TPSA) is 68.7 Å². The molecule has 0 saturated carbocycles. The van der Waals surface area contributed by atoms with Crippen LogP contribution in [0, 0.1) is 0 Å². The van der Waals surface area contributed by atoms with Crippen molar-refractivity contribution in [3.63, 3.8) is 0 Å². The number of fused-ring (bicyclic) bond motifs is 2. The van der Waals surface area contributed by atoms with E-state index in [4.69, 9.17) is 14.9 Å². The summed E-state index contributed by atoms with van der Waals surface area (Å²) in [5.41, 5.74) is 8.90. The Morgan fingerprint density at radius 3 is 2.65 bits per heavy atom. The van der Waals surface area contributed by atoms with Crippen molar-refractivity contribution in [2.24, 2.45) is 0 Å². The smallest absolute Gasteiger partial charge is 0.200 e. The lowest BCUT2D eigenvalue weighted by molar-refractivity contribution is 0.0343. The molecule has 1 aromatic heterocycles. The highest BCUT2D eigenvalue weighted by Gasteiger charge is 2.17. The Labute approximate surface area is 133 Å². The lowest BCUT2D eigenvalue weighted by atomic mass is 10.1. The molecular formula is C18H18N2O3. The molecule has 5 nitrogen and oxygen atoms in total. The summed E-state index contributed by atoms with van der Waals surface area (Å²) in [4.78, 5) is 15.0. The second kappa shape index (κ2) is 5.68. The molecular weight excluding hydrogens is 292 g/mol. The van der Waals surface area contributed by atoms with Gasteiger partial charge in [-0.1, -0.05) is 12.1 Å². The zero-order valence-corrected chi connectivity index (χ0v) is 12.7. The molecule has 1 aliphatic heterocycles. The summed E-state index contributed by atoms with van der Waals surface area (Å²) in [6.45, 7) is 3.81. The highest BCUT2D eigenvalue weighted by molar-refractivity contribution is 5.93. The second-order valence-electron chi connectivity index (χ2n) is 5.83. The van der Waals surface area contributed by atoms with Gasteiger partial charge in [0.15, 0.2) is 0 Å². The molecule has 118 valence electrons. The van der Waals surface area contributed by atoms with Gasteiger partial charge in [0.05, 0.1) is 24.0 Å². The van der Waals surface area contributed by atoms with Gasteiger partial charge in [0.2, 0.25) is 5.43 Å². The molecule has 1 aliphatic rings. The molecule has 2 heterocycles. The number of morpholine rings is 1. The first kappa shape index (κ1) is 14.2. The fraction of sp³-hybridized carbons (Fsp3) is 0.278. The number of ether oxygens (including phenoxy) is 1. The molecule has 0 bridgehead atoms. The van der Waals surface area contributed by atoms with E-state index in [1.165, 1.54) is 0 Å². The van der Waals surface area contributed by atoms with E-state index >= 15 is 0 Å². The van der Waals surface area contributed by atoms with Gasteiger partial charge in [-0.05, 0) is 24.3 Å². The molecule has 0 atom stereocenters. The number of anilines is 1. The number of nitrogens with two attached hydrogens (primary N) is 1. The van der Waals surface area contributed by atoms with Crippen molar-refractivity contribution >= 4 is 27.6 Å². The highest BCUT2D eigenvalue weighted by atomic mass is 16.5. The first-order valence-corrected chi connectivity index (χ1v) is 7.77. The molecule has 0 radical (unpaired) electrons. The minimum absolute atomic E-state index is 0.00919. The minimum Gasteiger partial charge on any atom is -0.455 e. The van der Waals surface area contributed by atoms with Gasteiger partial charge >= 0.3 is 0 Å². The zero-order valence-electron chi connectivity index (χ0n) is 12.7. The summed E-state index contributed by atoms with van der Waals surface area (Å²) in [5.74, 6) is 0. The largest absolute Gasteiger partial charge is 0.455 e. The molecule has 5 heteroatoms. The fourth-order valence-electron chi connectivity index (χ4n) is 3.08. The first-order chi connectivity index (χ1) is 11.2. The molecule has 2 aromatic carbocycles. The molecule has 0 amide bonds. The van der Waals surface area contributed by atoms with Crippen LogP contribution in [0.5, 0.6) is 0 Å². The van der Waals surface area contributed by atoms with Crippen molar-refractivity contribution in [2.45, 2.75) is 6.54 Å². The van der Waals surface area contributed by atoms with Gasteiger partial charge < -0.3 is 14.9 Å². The van der Waals surface area contributed by atoms with Crippen LogP contribution in [-0.2, 0) is 11.3 Å². The maximum absolute atomic E-state index is 12.7. The number of para-hydroxylation sites is 1. The van der Waals surface area contributed by atoms with E-state index in [9.17, 15) is 4.79 Å². The third-order valence-corrected chi connectivity index (χ3v) is 4.37. The average Bonchev–Trinajstić information content (AvgIpc) is 2.59. The number of nitrogen functional groups attached to an aromatic ring is 1. The van der Waals surface area contributed by atoms with Crippen molar-refractivity contribution in [1.29, 1.82) is 0 Å². The van der Waals surface area contributed by atoms with Crippen LogP contribution in [0.4, 0.5) is 5.69 Å². The molecule has 2 N–H and O–H groups in total. The summed E-state index contributed by atoms with van der Waals surface area (Å²) in [6, 6.07) is 10.9. The molecule has 1 saturated heterocycles. The quantitative estimate of drug-likeness (QED) is 0.581. The van der Waals surface area contributed by atoms with Gasteiger partial charge in [-0.15, -0.1) is 0 Å². The molecule has 0 unspecified atom stereocenters. The third kappa shape index (κ3) is 2.48. The zero-order chi connectivity index (χ0) is 15.8. The minimum atomic E-state index is -0.00919. The molecule has 23 heavy (non-hydrogen) atoms. The Morgan fingerprint density at radius 1 is 1.04 bits per heavy atom. The highest BCUT2D eigenvalue weighted by Crippen LogP contribution is 2.27. The second-order valence-corrected chi connectivity index (χ2v) is 5.83. The third-order valence-electron chi connectivity index (χ3n) is 4.37. The summed E-state index contributed by atoms with van der Waals surface area (Å²) < 4.78 is 11.4. The van der Waals surface area contributed by atoms with Gasteiger partial charge in [0.1, 0.15) is 11.2 Å². The van der Waals surface area contributed by atoms with E-state index in [0.717, 1.165) is 31.9 Å².